The molecule has 114 valence electrons. The monoisotopic (exact) mass is 291 g/mol. The van der Waals surface area contributed by atoms with E-state index in [4.69, 9.17) is 9.84 Å². The molecule has 0 fully saturated rings. The zero-order valence-electron chi connectivity index (χ0n) is 12.5. The Morgan fingerprint density at radius 1 is 1.38 bits per heavy atom. The fourth-order valence-corrected chi connectivity index (χ4v) is 1.80. The Balaban J connectivity index is 2.62. The van der Waals surface area contributed by atoms with Crippen LogP contribution < -0.4 is 4.74 Å². The lowest BCUT2D eigenvalue weighted by Gasteiger charge is -2.20. The van der Waals surface area contributed by atoms with E-state index in [1.807, 2.05) is 32.0 Å². The SMILES string of the molecule is C=CCN(CCC(=O)O)C(=O)COc1cc(C)ccc1C. The quantitative estimate of drug-likeness (QED) is 0.745. The normalized spacial score (nSPS) is 10.0. The number of hydrogen-bond acceptors (Lipinski definition) is 3. The first-order valence-corrected chi connectivity index (χ1v) is 6.74. The molecule has 0 atom stereocenters. The number of hydrogen-bond donors (Lipinski definition) is 1. The molecule has 5 heteroatoms. The molecule has 1 amide bonds. The third-order valence-corrected chi connectivity index (χ3v) is 2.99. The fourth-order valence-electron chi connectivity index (χ4n) is 1.80. The minimum atomic E-state index is -0.938. The average Bonchev–Trinajstić information content (AvgIpc) is 2.43. The van der Waals surface area contributed by atoms with E-state index in [2.05, 4.69) is 6.58 Å². The molecule has 5 nitrogen and oxygen atoms in total. The molecule has 0 aliphatic rings. The second-order valence-corrected chi connectivity index (χ2v) is 4.83. The third-order valence-electron chi connectivity index (χ3n) is 2.99. The molecule has 1 rings (SSSR count). The van der Waals surface area contributed by atoms with Gasteiger partial charge in [0, 0.05) is 13.1 Å². The summed E-state index contributed by atoms with van der Waals surface area (Å²) in [7, 11) is 0. The molecule has 1 N–H and O–H groups in total. The van der Waals surface area contributed by atoms with Crippen LogP contribution in [0.25, 0.3) is 0 Å². The lowest BCUT2D eigenvalue weighted by atomic mass is 10.1. The Bertz CT molecular complexity index is 525. The van der Waals surface area contributed by atoms with Crippen LogP contribution in [0.15, 0.2) is 30.9 Å². The second-order valence-electron chi connectivity index (χ2n) is 4.83. The standard InChI is InChI=1S/C16H21NO4/c1-4-8-17(9-7-16(19)20)15(18)11-21-14-10-12(2)5-6-13(14)3/h4-6,10H,1,7-9,11H2,2-3H3,(H,19,20). The summed E-state index contributed by atoms with van der Waals surface area (Å²) < 4.78 is 5.54. The van der Waals surface area contributed by atoms with Crippen LogP contribution in [0, 0.1) is 13.8 Å². The summed E-state index contributed by atoms with van der Waals surface area (Å²) in [6, 6.07) is 5.78. The maximum Gasteiger partial charge on any atom is 0.305 e. The lowest BCUT2D eigenvalue weighted by Crippen LogP contribution is -2.36. The number of rotatable bonds is 8. The molecule has 0 saturated heterocycles. The van der Waals surface area contributed by atoms with Crippen molar-refractivity contribution in [2.75, 3.05) is 19.7 Å². The Hall–Kier alpha value is -2.30. The van der Waals surface area contributed by atoms with Crippen molar-refractivity contribution < 1.29 is 19.4 Å². The summed E-state index contributed by atoms with van der Waals surface area (Å²) in [4.78, 5) is 24.1. The Morgan fingerprint density at radius 2 is 2.10 bits per heavy atom. The van der Waals surface area contributed by atoms with Crippen LogP contribution in [-0.4, -0.2) is 41.6 Å². The topological polar surface area (TPSA) is 66.8 Å². The number of carbonyl (C=O) groups excluding carboxylic acids is 1. The molecule has 1 aromatic rings. The van der Waals surface area contributed by atoms with Crippen molar-refractivity contribution in [3.05, 3.63) is 42.0 Å². The lowest BCUT2D eigenvalue weighted by molar-refractivity contribution is -0.138. The first kappa shape index (κ1) is 16.8. The van der Waals surface area contributed by atoms with E-state index < -0.39 is 5.97 Å². The zero-order valence-corrected chi connectivity index (χ0v) is 12.5. The van der Waals surface area contributed by atoms with Crippen molar-refractivity contribution in [1.82, 2.24) is 4.90 Å². The van der Waals surface area contributed by atoms with Crippen molar-refractivity contribution in [3.8, 4) is 5.75 Å². The maximum atomic E-state index is 12.1. The van der Waals surface area contributed by atoms with Crippen LogP contribution in [0.5, 0.6) is 5.75 Å². The number of carboxylic acids is 1. The van der Waals surface area contributed by atoms with Gasteiger partial charge in [0.15, 0.2) is 6.61 Å². The number of carbonyl (C=O) groups is 2. The number of ether oxygens (including phenoxy) is 1. The van der Waals surface area contributed by atoms with Gasteiger partial charge in [-0.05, 0) is 31.0 Å². The largest absolute Gasteiger partial charge is 0.483 e. The van der Waals surface area contributed by atoms with E-state index in [1.165, 1.54) is 4.90 Å². The van der Waals surface area contributed by atoms with Gasteiger partial charge in [0.2, 0.25) is 0 Å². The molecule has 0 aromatic heterocycles. The van der Waals surface area contributed by atoms with E-state index >= 15 is 0 Å². The first-order valence-electron chi connectivity index (χ1n) is 6.74. The highest BCUT2D eigenvalue weighted by atomic mass is 16.5. The van der Waals surface area contributed by atoms with Gasteiger partial charge in [-0.2, -0.15) is 0 Å². The van der Waals surface area contributed by atoms with E-state index in [0.29, 0.717) is 12.3 Å². The fraction of sp³-hybridized carbons (Fsp3) is 0.375. The van der Waals surface area contributed by atoms with Crippen molar-refractivity contribution in [2.24, 2.45) is 0 Å². The smallest absolute Gasteiger partial charge is 0.305 e. The molecule has 0 unspecified atom stereocenters. The molecular formula is C16H21NO4. The molecule has 0 spiro atoms. The van der Waals surface area contributed by atoms with Crippen LogP contribution in [-0.2, 0) is 9.59 Å². The van der Waals surface area contributed by atoms with Gasteiger partial charge in [0.25, 0.3) is 5.91 Å². The maximum absolute atomic E-state index is 12.1. The summed E-state index contributed by atoms with van der Waals surface area (Å²) in [5.41, 5.74) is 2.01. The van der Waals surface area contributed by atoms with Crippen LogP contribution in [0.3, 0.4) is 0 Å². The molecule has 0 radical (unpaired) electrons. The zero-order chi connectivity index (χ0) is 15.8. The van der Waals surface area contributed by atoms with Crippen LogP contribution in [0.1, 0.15) is 17.5 Å². The summed E-state index contributed by atoms with van der Waals surface area (Å²) in [6.07, 6.45) is 1.47. The van der Waals surface area contributed by atoms with Crippen LogP contribution in [0.2, 0.25) is 0 Å². The average molecular weight is 291 g/mol. The van der Waals surface area contributed by atoms with E-state index in [9.17, 15) is 9.59 Å². The van der Waals surface area contributed by atoms with Gasteiger partial charge in [-0.25, -0.2) is 0 Å². The summed E-state index contributed by atoms with van der Waals surface area (Å²) in [5, 5.41) is 8.69. The van der Waals surface area contributed by atoms with Gasteiger partial charge < -0.3 is 14.7 Å². The van der Waals surface area contributed by atoms with Gasteiger partial charge >= 0.3 is 5.97 Å². The van der Waals surface area contributed by atoms with Gasteiger partial charge in [-0.1, -0.05) is 18.2 Å². The van der Waals surface area contributed by atoms with Gasteiger partial charge in [0.05, 0.1) is 6.42 Å². The molecule has 0 heterocycles. The molecule has 0 saturated carbocycles. The van der Waals surface area contributed by atoms with Gasteiger partial charge in [-0.15, -0.1) is 6.58 Å². The Labute approximate surface area is 124 Å². The first-order chi connectivity index (χ1) is 9.93. The summed E-state index contributed by atoms with van der Waals surface area (Å²) >= 11 is 0. The van der Waals surface area contributed by atoms with E-state index in [1.54, 1.807) is 6.08 Å². The molecule has 0 aliphatic carbocycles. The minimum absolute atomic E-state index is 0.0942. The minimum Gasteiger partial charge on any atom is -0.483 e. The van der Waals surface area contributed by atoms with Crippen molar-refractivity contribution in [1.29, 1.82) is 0 Å². The molecule has 0 bridgehead atoms. The number of nitrogens with zero attached hydrogens (tertiary/aromatic N) is 1. The Kier molecular flexibility index (Phi) is 6.46. The number of benzene rings is 1. The molecule has 1 aromatic carbocycles. The molecule has 0 aliphatic heterocycles. The highest BCUT2D eigenvalue weighted by Gasteiger charge is 2.14. The molecule has 21 heavy (non-hydrogen) atoms. The number of aliphatic carboxylic acids is 1. The van der Waals surface area contributed by atoms with Crippen LogP contribution in [0.4, 0.5) is 0 Å². The Morgan fingerprint density at radius 3 is 2.71 bits per heavy atom. The highest BCUT2D eigenvalue weighted by Crippen LogP contribution is 2.19. The summed E-state index contributed by atoms with van der Waals surface area (Å²) in [6.45, 7) is 7.77. The summed E-state index contributed by atoms with van der Waals surface area (Å²) in [5.74, 6) is -0.524. The van der Waals surface area contributed by atoms with Crippen molar-refractivity contribution >= 4 is 11.9 Å². The third kappa shape index (κ3) is 5.69. The second kappa shape index (κ2) is 8.09. The number of aryl methyl sites for hydroxylation is 2. The van der Waals surface area contributed by atoms with Gasteiger partial charge in [0.1, 0.15) is 5.75 Å². The van der Waals surface area contributed by atoms with Gasteiger partial charge in [-0.3, -0.25) is 9.59 Å². The number of carboxylic acid groups (broad SMARTS) is 1. The number of amides is 1. The van der Waals surface area contributed by atoms with E-state index in [0.717, 1.165) is 11.1 Å². The predicted octanol–water partition coefficient (Wildman–Crippen LogP) is 2.17. The highest BCUT2D eigenvalue weighted by molar-refractivity contribution is 5.78. The van der Waals surface area contributed by atoms with E-state index in [-0.39, 0.29) is 25.5 Å². The van der Waals surface area contributed by atoms with Crippen molar-refractivity contribution in [3.63, 3.8) is 0 Å². The molecular weight excluding hydrogens is 270 g/mol. The van der Waals surface area contributed by atoms with Crippen LogP contribution >= 0.6 is 0 Å². The van der Waals surface area contributed by atoms with Crippen molar-refractivity contribution in [2.45, 2.75) is 20.3 Å². The predicted molar refractivity (Wildman–Crippen MR) is 80.4 cm³/mol.